The second-order valence-electron chi connectivity index (χ2n) is 2.74. The topological polar surface area (TPSA) is 37.3 Å². The van der Waals surface area contributed by atoms with Crippen LogP contribution in [-0.2, 0) is 6.61 Å². The molecule has 0 radical (unpaired) electrons. The highest BCUT2D eigenvalue weighted by Crippen LogP contribution is 2.15. The predicted octanol–water partition coefficient (Wildman–Crippen LogP) is 1.75. The van der Waals surface area contributed by atoms with Gasteiger partial charge in [0.25, 0.3) is 0 Å². The molecule has 0 amide bonds. The molecule has 0 aliphatic carbocycles. The molecule has 0 atom stereocenters. The number of fused-ring (bicyclic) bond motifs is 1. The number of benzene rings is 1. The molecule has 0 unspecified atom stereocenters. The van der Waals surface area contributed by atoms with Crippen LogP contribution in [0.5, 0.6) is 0 Å². The summed E-state index contributed by atoms with van der Waals surface area (Å²) >= 11 is 1.48. The van der Waals surface area contributed by atoms with Gasteiger partial charge in [0.1, 0.15) is 0 Å². The van der Waals surface area contributed by atoms with Crippen LogP contribution in [0.3, 0.4) is 0 Å². The zero-order valence-corrected chi connectivity index (χ0v) is 7.67. The highest BCUT2D eigenvalue weighted by molar-refractivity contribution is 7.16. The third-order valence-corrected chi connectivity index (χ3v) is 2.93. The minimum absolute atomic E-state index is 0.0585. The smallest absolute Gasteiger partial charge is 0.193 e. The van der Waals surface area contributed by atoms with Crippen LogP contribution in [0.2, 0.25) is 0 Å². The summed E-state index contributed by atoms with van der Waals surface area (Å²) in [5.74, 6) is 0. The molecule has 1 aromatic carbocycles. The lowest BCUT2D eigenvalue weighted by Crippen LogP contribution is -2.06. The van der Waals surface area contributed by atoms with Crippen molar-refractivity contribution in [3.63, 3.8) is 0 Å². The molecule has 0 fully saturated rings. The molecule has 3 heteroatoms. The van der Waals surface area contributed by atoms with Gasteiger partial charge in [-0.15, -0.1) is 11.3 Å². The first-order valence-electron chi connectivity index (χ1n) is 3.93. The number of aliphatic hydroxyl groups is 1. The zero-order valence-electron chi connectivity index (χ0n) is 6.86. The molecule has 0 bridgehead atoms. The molecule has 0 aliphatic heterocycles. The second-order valence-corrected chi connectivity index (χ2v) is 3.66. The first kappa shape index (κ1) is 8.41. The Morgan fingerprint density at radius 3 is 2.85 bits per heavy atom. The fraction of sp³-hybridized carbons (Fsp3) is 0.100. The van der Waals surface area contributed by atoms with Gasteiger partial charge in [0.15, 0.2) is 5.43 Å². The van der Waals surface area contributed by atoms with Gasteiger partial charge < -0.3 is 5.11 Å². The lowest BCUT2D eigenvalue weighted by Gasteiger charge is -1.97. The van der Waals surface area contributed by atoms with Crippen molar-refractivity contribution in [1.29, 1.82) is 0 Å². The summed E-state index contributed by atoms with van der Waals surface area (Å²) in [6.07, 6.45) is 0. The molecule has 66 valence electrons. The normalized spacial score (nSPS) is 10.5. The quantitative estimate of drug-likeness (QED) is 0.747. The van der Waals surface area contributed by atoms with Crippen LogP contribution in [0, 0.1) is 0 Å². The van der Waals surface area contributed by atoms with Crippen LogP contribution in [0.4, 0.5) is 0 Å². The zero-order chi connectivity index (χ0) is 9.26. The average molecular weight is 192 g/mol. The number of rotatable bonds is 1. The van der Waals surface area contributed by atoms with E-state index in [9.17, 15) is 4.79 Å². The van der Waals surface area contributed by atoms with Crippen LogP contribution < -0.4 is 5.43 Å². The van der Waals surface area contributed by atoms with Crippen molar-refractivity contribution >= 4 is 21.4 Å². The number of hydrogen-bond donors (Lipinski definition) is 1. The Labute approximate surface area is 79.1 Å². The van der Waals surface area contributed by atoms with Crippen molar-refractivity contribution in [2.24, 2.45) is 0 Å². The summed E-state index contributed by atoms with van der Waals surface area (Å²) in [6.45, 7) is -0.180. The van der Waals surface area contributed by atoms with E-state index >= 15 is 0 Å². The van der Waals surface area contributed by atoms with Crippen molar-refractivity contribution in [3.8, 4) is 0 Å². The fourth-order valence-electron chi connectivity index (χ4n) is 1.23. The first-order valence-corrected chi connectivity index (χ1v) is 4.81. The van der Waals surface area contributed by atoms with Crippen LogP contribution in [0.25, 0.3) is 10.1 Å². The van der Waals surface area contributed by atoms with Gasteiger partial charge >= 0.3 is 0 Å². The Bertz CT molecular complexity index is 487. The highest BCUT2D eigenvalue weighted by atomic mass is 32.1. The molecule has 2 rings (SSSR count). The number of aliphatic hydroxyl groups excluding tert-OH is 1. The lowest BCUT2D eigenvalue weighted by atomic mass is 10.2. The average Bonchev–Trinajstić information content (AvgIpc) is 2.19. The molecule has 2 nitrogen and oxygen atoms in total. The second kappa shape index (κ2) is 3.28. The molecule has 0 saturated heterocycles. The van der Waals surface area contributed by atoms with Crippen molar-refractivity contribution in [1.82, 2.24) is 0 Å². The largest absolute Gasteiger partial charge is 0.392 e. The summed E-state index contributed by atoms with van der Waals surface area (Å²) in [4.78, 5) is 11.6. The highest BCUT2D eigenvalue weighted by Gasteiger charge is 2.02. The van der Waals surface area contributed by atoms with Gasteiger partial charge in [0.05, 0.1) is 6.61 Å². The van der Waals surface area contributed by atoms with E-state index in [1.807, 2.05) is 18.2 Å². The Morgan fingerprint density at radius 2 is 2.08 bits per heavy atom. The molecule has 0 aliphatic rings. The maximum Gasteiger partial charge on any atom is 0.193 e. The Kier molecular flexibility index (Phi) is 2.12. The Balaban J connectivity index is 2.87. The van der Waals surface area contributed by atoms with Crippen molar-refractivity contribution in [2.45, 2.75) is 6.61 Å². The summed E-state index contributed by atoms with van der Waals surface area (Å²) in [5.41, 5.74) is 0.417. The van der Waals surface area contributed by atoms with Gasteiger partial charge in [-0.05, 0) is 12.1 Å². The van der Waals surface area contributed by atoms with Crippen LogP contribution in [0.1, 0.15) is 5.56 Å². The van der Waals surface area contributed by atoms with Crippen LogP contribution >= 0.6 is 11.3 Å². The molecule has 0 spiro atoms. The standard InChI is InChI=1S/C10H8O2S/c11-5-7-6-13-9-4-2-1-3-8(9)10(7)12/h1-4,6,11H,5H2. The predicted molar refractivity (Wildman–Crippen MR) is 54.0 cm³/mol. The van der Waals surface area contributed by atoms with E-state index in [-0.39, 0.29) is 12.0 Å². The first-order chi connectivity index (χ1) is 6.33. The molecule has 1 heterocycles. The van der Waals surface area contributed by atoms with Gasteiger partial charge in [-0.25, -0.2) is 0 Å². The van der Waals surface area contributed by atoms with Gasteiger partial charge in [0.2, 0.25) is 0 Å². The van der Waals surface area contributed by atoms with Crippen molar-refractivity contribution < 1.29 is 5.11 Å². The van der Waals surface area contributed by atoms with E-state index in [4.69, 9.17) is 5.11 Å². The molecule has 0 saturated carbocycles. The maximum absolute atomic E-state index is 11.6. The molecular formula is C10H8O2S. The fourth-order valence-corrected chi connectivity index (χ4v) is 2.12. The Morgan fingerprint density at radius 1 is 1.31 bits per heavy atom. The van der Waals surface area contributed by atoms with Crippen molar-refractivity contribution in [3.05, 3.63) is 45.4 Å². The molecule has 13 heavy (non-hydrogen) atoms. The lowest BCUT2D eigenvalue weighted by molar-refractivity contribution is 0.281. The maximum atomic E-state index is 11.6. The van der Waals surface area contributed by atoms with Crippen LogP contribution in [0.15, 0.2) is 34.4 Å². The minimum atomic E-state index is -0.180. The van der Waals surface area contributed by atoms with E-state index in [1.165, 1.54) is 11.3 Å². The molecular weight excluding hydrogens is 184 g/mol. The molecule has 1 aromatic heterocycles. The minimum Gasteiger partial charge on any atom is -0.392 e. The van der Waals surface area contributed by atoms with Gasteiger partial charge in [-0.1, -0.05) is 12.1 Å². The van der Waals surface area contributed by atoms with E-state index in [0.29, 0.717) is 10.9 Å². The van der Waals surface area contributed by atoms with Gasteiger partial charge in [0, 0.05) is 21.0 Å². The van der Waals surface area contributed by atoms with E-state index in [1.54, 1.807) is 11.4 Å². The summed E-state index contributed by atoms with van der Waals surface area (Å²) in [6, 6.07) is 7.42. The van der Waals surface area contributed by atoms with E-state index < -0.39 is 0 Å². The van der Waals surface area contributed by atoms with Crippen molar-refractivity contribution in [2.75, 3.05) is 0 Å². The van der Waals surface area contributed by atoms with Gasteiger partial charge in [-0.2, -0.15) is 0 Å². The molecule has 1 N–H and O–H groups in total. The molecule has 2 aromatic rings. The summed E-state index contributed by atoms with van der Waals surface area (Å²) in [5, 5.41) is 11.3. The SMILES string of the molecule is O=c1c(CO)csc2ccccc12. The third kappa shape index (κ3) is 1.36. The van der Waals surface area contributed by atoms with E-state index in [2.05, 4.69) is 0 Å². The third-order valence-electron chi connectivity index (χ3n) is 1.92. The summed E-state index contributed by atoms with van der Waals surface area (Å²) < 4.78 is 0.963. The van der Waals surface area contributed by atoms with Gasteiger partial charge in [-0.3, -0.25) is 4.79 Å². The Hall–Kier alpha value is -1.19. The number of hydrogen-bond acceptors (Lipinski definition) is 3. The summed E-state index contributed by atoms with van der Waals surface area (Å²) in [7, 11) is 0. The van der Waals surface area contributed by atoms with Crippen LogP contribution in [-0.4, -0.2) is 5.11 Å². The monoisotopic (exact) mass is 192 g/mol. The van der Waals surface area contributed by atoms with E-state index in [0.717, 1.165) is 4.70 Å².